The quantitative estimate of drug-likeness (QED) is 0.469. The largest absolute Gasteiger partial charge is 0.511 e. The summed E-state index contributed by atoms with van der Waals surface area (Å²) >= 11 is 0. The zero-order valence-corrected chi connectivity index (χ0v) is 13.7. The third-order valence-electron chi connectivity index (χ3n) is 3.00. The van der Waals surface area contributed by atoms with Crippen molar-refractivity contribution in [1.82, 2.24) is 0 Å². The van der Waals surface area contributed by atoms with E-state index in [1.165, 1.54) is 0 Å². The number of carbonyl (C=O) groups is 1. The van der Waals surface area contributed by atoms with Gasteiger partial charge in [0, 0.05) is 8.07 Å². The molecule has 0 aliphatic rings. The van der Waals surface area contributed by atoms with E-state index in [0.29, 0.717) is 0 Å². The molecule has 0 saturated heterocycles. The lowest BCUT2D eigenvalue weighted by molar-refractivity contribution is 0.143. The van der Waals surface area contributed by atoms with E-state index in [-0.39, 0.29) is 11.5 Å². The van der Waals surface area contributed by atoms with Gasteiger partial charge >= 0.3 is 6.16 Å². The van der Waals surface area contributed by atoms with Gasteiger partial charge in [-0.25, -0.2) is 4.79 Å². The van der Waals surface area contributed by atoms with Gasteiger partial charge in [0.2, 0.25) is 0 Å². The summed E-state index contributed by atoms with van der Waals surface area (Å²) in [6, 6.07) is 4.31. The van der Waals surface area contributed by atoms with Gasteiger partial charge < -0.3 is 14.9 Å². The van der Waals surface area contributed by atoms with Gasteiger partial charge in [0.05, 0.1) is 0 Å². The van der Waals surface area contributed by atoms with Crippen molar-refractivity contribution in [1.29, 1.82) is 0 Å². The Kier molecular flexibility index (Phi) is 5.62. The van der Waals surface area contributed by atoms with Crippen LogP contribution in [-0.2, 0) is 12.5 Å². The highest BCUT2D eigenvalue weighted by Gasteiger charge is 2.19. The van der Waals surface area contributed by atoms with Gasteiger partial charge in [-0.3, -0.25) is 0 Å². The average molecular weight is 296 g/mol. The monoisotopic (exact) mass is 296 g/mol. The predicted molar refractivity (Wildman–Crippen MR) is 82.4 cm³/mol. The summed E-state index contributed by atoms with van der Waals surface area (Å²) in [5.41, 5.74) is 2.20. The molecule has 0 fully saturated rings. The third-order valence-corrected chi connectivity index (χ3v) is 4.44. The Morgan fingerprint density at radius 2 is 1.90 bits per heavy atom. The zero-order chi connectivity index (χ0) is 15.3. The van der Waals surface area contributed by atoms with E-state index in [0.717, 1.165) is 36.4 Å². The number of hydrogen-bond acceptors (Lipinski definition) is 3. The van der Waals surface area contributed by atoms with Gasteiger partial charge in [0.1, 0.15) is 0 Å². The van der Waals surface area contributed by atoms with Gasteiger partial charge in [-0.1, -0.05) is 33.0 Å². The molecule has 1 aromatic rings. The van der Waals surface area contributed by atoms with Crippen LogP contribution in [0.25, 0.3) is 0 Å². The first-order chi connectivity index (χ1) is 9.23. The van der Waals surface area contributed by atoms with Crippen molar-refractivity contribution < 1.29 is 19.7 Å². The summed E-state index contributed by atoms with van der Waals surface area (Å²) in [5.74, 6) is -0.0659. The van der Waals surface area contributed by atoms with E-state index in [1.807, 2.05) is 0 Å². The van der Waals surface area contributed by atoms with Crippen molar-refractivity contribution in [2.75, 3.05) is 0 Å². The second-order valence-electron chi connectivity index (χ2n) is 6.30. The first-order valence-corrected chi connectivity index (χ1v) is 10.7. The van der Waals surface area contributed by atoms with E-state index in [9.17, 15) is 9.90 Å². The lowest BCUT2D eigenvalue weighted by atomic mass is 10.0. The molecule has 5 heteroatoms. The van der Waals surface area contributed by atoms with E-state index >= 15 is 0 Å². The molecule has 0 atom stereocenters. The van der Waals surface area contributed by atoms with Crippen LogP contribution in [0.1, 0.15) is 30.9 Å². The molecule has 0 saturated carbocycles. The highest BCUT2D eigenvalue weighted by Crippen LogP contribution is 2.32. The molecular weight excluding hydrogens is 272 g/mol. The van der Waals surface area contributed by atoms with E-state index < -0.39 is 14.2 Å². The Balaban J connectivity index is 3.14. The third kappa shape index (κ3) is 5.25. The topological polar surface area (TPSA) is 66.8 Å². The first-order valence-electron chi connectivity index (χ1n) is 6.98. The number of phenolic OH excluding ortho intramolecular Hbond substituents is 1. The summed E-state index contributed by atoms with van der Waals surface area (Å²) in [6.45, 7) is 8.94. The molecule has 0 aliphatic carbocycles. The van der Waals surface area contributed by atoms with Gasteiger partial charge in [0.25, 0.3) is 0 Å². The Bertz CT molecular complexity index is 477. The van der Waals surface area contributed by atoms with Crippen molar-refractivity contribution in [2.45, 2.75) is 51.9 Å². The maximum absolute atomic E-state index is 10.6. The van der Waals surface area contributed by atoms with Crippen LogP contribution >= 0.6 is 0 Å². The number of unbranched alkanes of at least 4 members (excludes halogenated alkanes) is 1. The highest BCUT2D eigenvalue weighted by molar-refractivity contribution is 6.75. The number of phenols is 1. The molecule has 112 valence electrons. The molecule has 0 aliphatic heterocycles. The fraction of sp³-hybridized carbons (Fsp3) is 0.533. The molecule has 0 bridgehead atoms. The lowest BCUT2D eigenvalue weighted by Crippen LogP contribution is -2.24. The van der Waals surface area contributed by atoms with Crippen LogP contribution in [-0.4, -0.2) is 24.4 Å². The van der Waals surface area contributed by atoms with Crippen molar-refractivity contribution >= 4 is 14.2 Å². The number of hydrogen-bond donors (Lipinski definition) is 2. The number of aryl methyl sites for hydroxylation is 1. The normalized spacial score (nSPS) is 11.4. The standard InChI is InChI=1S/C15H24O4Si/c1-5-6-7-11-9-14(19-15(17)18)13(16)8-12(11)10-20(2,3)4/h8-9,16H,5-7,10H2,1-4H3,(H,17,18). The minimum absolute atomic E-state index is 0.0305. The van der Waals surface area contributed by atoms with Crippen LogP contribution in [0.2, 0.25) is 19.6 Å². The fourth-order valence-corrected chi connectivity index (χ4v) is 3.64. The van der Waals surface area contributed by atoms with Crippen LogP contribution < -0.4 is 4.74 Å². The van der Waals surface area contributed by atoms with Crippen LogP contribution in [0.5, 0.6) is 11.5 Å². The van der Waals surface area contributed by atoms with Crippen LogP contribution in [0, 0.1) is 0 Å². The summed E-state index contributed by atoms with van der Waals surface area (Å²) < 4.78 is 4.63. The Morgan fingerprint density at radius 1 is 1.25 bits per heavy atom. The summed E-state index contributed by atoms with van der Waals surface area (Å²) in [5, 5.41) is 18.6. The number of carboxylic acid groups (broad SMARTS) is 1. The summed E-state index contributed by atoms with van der Waals surface area (Å²) in [6.07, 6.45) is 1.59. The molecule has 0 aromatic heterocycles. The highest BCUT2D eigenvalue weighted by atomic mass is 28.3. The van der Waals surface area contributed by atoms with Gasteiger partial charge in [-0.15, -0.1) is 0 Å². The minimum Gasteiger partial charge on any atom is -0.504 e. The van der Waals surface area contributed by atoms with Gasteiger partial charge in [-0.2, -0.15) is 0 Å². The molecule has 0 radical (unpaired) electrons. The number of benzene rings is 1. The van der Waals surface area contributed by atoms with Crippen molar-refractivity contribution in [3.8, 4) is 11.5 Å². The maximum Gasteiger partial charge on any atom is 0.511 e. The molecule has 1 aromatic carbocycles. The molecule has 2 N–H and O–H groups in total. The second-order valence-corrected chi connectivity index (χ2v) is 11.8. The van der Waals surface area contributed by atoms with Gasteiger partial charge in [0.15, 0.2) is 11.5 Å². The predicted octanol–water partition coefficient (Wildman–Crippen LogP) is 4.21. The minimum atomic E-state index is -1.40. The van der Waals surface area contributed by atoms with E-state index in [1.54, 1.807) is 12.1 Å². The Labute approximate surface area is 121 Å². The first kappa shape index (κ1) is 16.6. The number of aromatic hydroxyl groups is 1. The summed E-state index contributed by atoms with van der Waals surface area (Å²) in [7, 11) is -1.31. The smallest absolute Gasteiger partial charge is 0.504 e. The van der Waals surface area contributed by atoms with E-state index in [4.69, 9.17) is 5.11 Å². The molecule has 0 amide bonds. The lowest BCUT2D eigenvalue weighted by Gasteiger charge is -2.20. The van der Waals surface area contributed by atoms with Crippen molar-refractivity contribution in [2.24, 2.45) is 0 Å². The van der Waals surface area contributed by atoms with Crippen LogP contribution in [0.3, 0.4) is 0 Å². The van der Waals surface area contributed by atoms with Gasteiger partial charge in [-0.05, 0) is 42.1 Å². The molecule has 1 rings (SSSR count). The molecule has 4 nitrogen and oxygen atoms in total. The fourth-order valence-electron chi connectivity index (χ4n) is 2.17. The SMILES string of the molecule is CCCCc1cc(OC(=O)O)c(O)cc1C[Si](C)(C)C. The molecule has 0 heterocycles. The molecule has 0 unspecified atom stereocenters. The maximum atomic E-state index is 10.6. The average Bonchev–Trinajstić information content (AvgIpc) is 2.28. The molecule has 20 heavy (non-hydrogen) atoms. The van der Waals surface area contributed by atoms with E-state index in [2.05, 4.69) is 31.3 Å². The zero-order valence-electron chi connectivity index (χ0n) is 12.7. The van der Waals surface area contributed by atoms with Crippen molar-refractivity contribution in [3.63, 3.8) is 0 Å². The van der Waals surface area contributed by atoms with Crippen LogP contribution in [0.15, 0.2) is 12.1 Å². The number of rotatable bonds is 6. The second kappa shape index (κ2) is 6.79. The van der Waals surface area contributed by atoms with Crippen molar-refractivity contribution in [3.05, 3.63) is 23.3 Å². The summed E-state index contributed by atoms with van der Waals surface area (Å²) in [4.78, 5) is 10.6. The molecule has 0 spiro atoms. The molecular formula is C15H24O4Si. The Hall–Kier alpha value is -1.49. The Morgan fingerprint density at radius 3 is 2.40 bits per heavy atom. The number of ether oxygens (including phenoxy) is 1. The van der Waals surface area contributed by atoms with Crippen LogP contribution in [0.4, 0.5) is 4.79 Å².